The van der Waals surface area contributed by atoms with Gasteiger partial charge in [-0.25, -0.2) is 0 Å². The summed E-state index contributed by atoms with van der Waals surface area (Å²) in [7, 11) is 0. The van der Waals surface area contributed by atoms with Crippen LogP contribution in [-0.2, 0) is 4.79 Å². The van der Waals surface area contributed by atoms with Gasteiger partial charge in [0.15, 0.2) is 0 Å². The zero-order valence-corrected chi connectivity index (χ0v) is 5.24. The molecule has 0 saturated carbocycles. The first-order valence-corrected chi connectivity index (χ1v) is 2.68. The van der Waals surface area contributed by atoms with Gasteiger partial charge in [0.25, 0.3) is 0 Å². The lowest BCUT2D eigenvalue weighted by atomic mass is 10.1. The fourth-order valence-corrected chi connectivity index (χ4v) is 0.357. The van der Waals surface area contributed by atoms with Crippen LogP contribution in [0.2, 0.25) is 0 Å². The lowest BCUT2D eigenvalue weighted by Gasteiger charge is -2.11. The zero-order chi connectivity index (χ0) is 7.44. The summed E-state index contributed by atoms with van der Waals surface area (Å²) in [4.78, 5) is 10.1. The van der Waals surface area contributed by atoms with Crippen molar-refractivity contribution in [2.24, 2.45) is 11.7 Å². The Bertz CT molecular complexity index is 104. The van der Waals surface area contributed by atoms with Crippen LogP contribution in [0.25, 0.3) is 0 Å². The van der Waals surface area contributed by atoms with Crippen LogP contribution in [0.3, 0.4) is 0 Å². The molecule has 0 radical (unpaired) electrons. The Kier molecular flexibility index (Phi) is 3.19. The number of carboxylic acid groups (broad SMARTS) is 1. The second-order valence-corrected chi connectivity index (χ2v) is 2.02. The van der Waals surface area contributed by atoms with Gasteiger partial charge in [0, 0.05) is 12.5 Å². The summed E-state index contributed by atoms with van der Waals surface area (Å²) in [5.74, 6) is -1.45. The van der Waals surface area contributed by atoms with E-state index in [9.17, 15) is 4.79 Å². The molecule has 0 unspecified atom stereocenters. The first kappa shape index (κ1) is 8.39. The van der Waals surface area contributed by atoms with Crippen molar-refractivity contribution in [1.29, 1.82) is 0 Å². The van der Waals surface area contributed by atoms with E-state index < -0.39 is 12.0 Å². The van der Waals surface area contributed by atoms with Crippen molar-refractivity contribution in [2.45, 2.75) is 13.0 Å². The minimum Gasteiger partial charge on any atom is -0.480 e. The van der Waals surface area contributed by atoms with Gasteiger partial charge in [0.05, 0.1) is 0 Å². The van der Waals surface area contributed by atoms with E-state index in [1.54, 1.807) is 6.92 Å². The standard InChI is InChI=1S/C5H11NO3/c1-3(2-7)4(6)5(8)9/h3-4,7H,2,6H2,1H3,(H,8,9)/t3-,4+/m0/s1. The van der Waals surface area contributed by atoms with Crippen molar-refractivity contribution in [2.75, 3.05) is 6.61 Å². The number of aliphatic hydroxyl groups is 1. The molecule has 0 rings (SSSR count). The average Bonchev–Trinajstić information content (AvgIpc) is 1.84. The summed E-state index contributed by atoms with van der Waals surface area (Å²) in [5, 5.41) is 16.7. The molecule has 4 heteroatoms. The van der Waals surface area contributed by atoms with Crippen molar-refractivity contribution in [3.8, 4) is 0 Å². The Labute approximate surface area is 53.3 Å². The van der Waals surface area contributed by atoms with Crippen LogP contribution in [0, 0.1) is 5.92 Å². The highest BCUT2D eigenvalue weighted by Gasteiger charge is 2.18. The van der Waals surface area contributed by atoms with Crippen LogP contribution in [0.5, 0.6) is 0 Å². The van der Waals surface area contributed by atoms with Gasteiger partial charge in [-0.05, 0) is 0 Å². The van der Waals surface area contributed by atoms with Gasteiger partial charge in [-0.15, -0.1) is 0 Å². The first-order valence-electron chi connectivity index (χ1n) is 2.68. The molecule has 0 fully saturated rings. The SMILES string of the molecule is C[C@@H](CO)[C@@H](N)C(=O)O. The quantitative estimate of drug-likeness (QED) is 0.462. The number of aliphatic carboxylic acids is 1. The van der Waals surface area contributed by atoms with Crippen LogP contribution in [-0.4, -0.2) is 28.8 Å². The molecule has 0 heterocycles. The molecule has 0 aromatic heterocycles. The Balaban J connectivity index is 3.72. The first-order chi connectivity index (χ1) is 4.09. The van der Waals surface area contributed by atoms with E-state index in [1.807, 2.05) is 0 Å². The maximum atomic E-state index is 10.1. The normalized spacial score (nSPS) is 16.8. The van der Waals surface area contributed by atoms with E-state index in [1.165, 1.54) is 0 Å². The van der Waals surface area contributed by atoms with Crippen molar-refractivity contribution in [1.82, 2.24) is 0 Å². The van der Waals surface area contributed by atoms with E-state index in [2.05, 4.69) is 0 Å². The average molecular weight is 133 g/mol. The molecule has 0 aromatic carbocycles. The summed E-state index contributed by atoms with van der Waals surface area (Å²) in [5.41, 5.74) is 5.11. The predicted octanol–water partition coefficient (Wildman–Crippen LogP) is -0.973. The number of carboxylic acids is 1. The third kappa shape index (κ3) is 2.43. The second kappa shape index (κ2) is 3.42. The molecule has 0 aliphatic heterocycles. The van der Waals surface area contributed by atoms with Crippen molar-refractivity contribution in [3.63, 3.8) is 0 Å². The van der Waals surface area contributed by atoms with Crippen molar-refractivity contribution < 1.29 is 15.0 Å². The fraction of sp³-hybridized carbons (Fsp3) is 0.800. The molecule has 0 aliphatic rings. The Hall–Kier alpha value is -0.610. The van der Waals surface area contributed by atoms with E-state index in [0.29, 0.717) is 0 Å². The lowest BCUT2D eigenvalue weighted by molar-refractivity contribution is -0.140. The number of aliphatic hydroxyl groups excluding tert-OH is 1. The number of rotatable bonds is 3. The molecule has 0 bridgehead atoms. The predicted molar refractivity (Wildman–Crippen MR) is 31.9 cm³/mol. The number of hydrogen-bond acceptors (Lipinski definition) is 3. The summed E-state index contributed by atoms with van der Waals surface area (Å²) in [6.45, 7) is 1.40. The molecule has 0 saturated heterocycles. The highest BCUT2D eigenvalue weighted by Crippen LogP contribution is 1.97. The third-order valence-electron chi connectivity index (χ3n) is 1.19. The van der Waals surface area contributed by atoms with E-state index >= 15 is 0 Å². The second-order valence-electron chi connectivity index (χ2n) is 2.02. The third-order valence-corrected chi connectivity index (χ3v) is 1.19. The van der Waals surface area contributed by atoms with Gasteiger partial charge in [-0.2, -0.15) is 0 Å². The Morgan fingerprint density at radius 2 is 2.22 bits per heavy atom. The van der Waals surface area contributed by atoms with Gasteiger partial charge in [-0.3, -0.25) is 4.79 Å². The van der Waals surface area contributed by atoms with Crippen LogP contribution in [0.4, 0.5) is 0 Å². The van der Waals surface area contributed by atoms with Gasteiger partial charge < -0.3 is 15.9 Å². The van der Waals surface area contributed by atoms with Crippen LogP contribution >= 0.6 is 0 Å². The minimum absolute atomic E-state index is 0.187. The zero-order valence-electron chi connectivity index (χ0n) is 5.24. The topological polar surface area (TPSA) is 83.5 Å². The van der Waals surface area contributed by atoms with Crippen LogP contribution in [0.15, 0.2) is 0 Å². The Morgan fingerprint density at radius 1 is 1.78 bits per heavy atom. The molecule has 54 valence electrons. The highest BCUT2D eigenvalue weighted by molar-refractivity contribution is 5.73. The van der Waals surface area contributed by atoms with Gasteiger partial charge in [0.2, 0.25) is 0 Å². The molecule has 4 nitrogen and oxygen atoms in total. The summed E-state index contributed by atoms with van der Waals surface area (Å²) >= 11 is 0. The van der Waals surface area contributed by atoms with Crippen molar-refractivity contribution >= 4 is 5.97 Å². The minimum atomic E-state index is -1.07. The number of nitrogens with two attached hydrogens (primary N) is 1. The molecule has 0 aromatic rings. The summed E-state index contributed by atoms with van der Waals surface area (Å²) < 4.78 is 0. The fourth-order valence-electron chi connectivity index (χ4n) is 0.357. The molecule has 0 aliphatic carbocycles. The largest absolute Gasteiger partial charge is 0.480 e. The molecular weight excluding hydrogens is 122 g/mol. The lowest BCUT2D eigenvalue weighted by Crippen LogP contribution is -2.38. The van der Waals surface area contributed by atoms with Gasteiger partial charge in [0.1, 0.15) is 6.04 Å². The molecule has 2 atom stereocenters. The molecular formula is C5H11NO3. The molecule has 4 N–H and O–H groups in total. The monoisotopic (exact) mass is 133 g/mol. The van der Waals surface area contributed by atoms with Gasteiger partial charge >= 0.3 is 5.97 Å². The van der Waals surface area contributed by atoms with E-state index in [0.717, 1.165) is 0 Å². The van der Waals surface area contributed by atoms with E-state index in [4.69, 9.17) is 15.9 Å². The summed E-state index contributed by atoms with van der Waals surface area (Å²) in [6, 6.07) is -0.949. The molecule has 0 amide bonds. The van der Waals surface area contributed by atoms with Crippen molar-refractivity contribution in [3.05, 3.63) is 0 Å². The maximum absolute atomic E-state index is 10.1. The molecule has 9 heavy (non-hydrogen) atoms. The maximum Gasteiger partial charge on any atom is 0.320 e. The highest BCUT2D eigenvalue weighted by atomic mass is 16.4. The van der Waals surface area contributed by atoms with Crippen LogP contribution in [0.1, 0.15) is 6.92 Å². The molecule has 0 spiro atoms. The summed E-state index contributed by atoms with van der Waals surface area (Å²) in [6.07, 6.45) is 0. The van der Waals surface area contributed by atoms with Gasteiger partial charge in [-0.1, -0.05) is 6.92 Å². The number of hydrogen-bond donors (Lipinski definition) is 3. The van der Waals surface area contributed by atoms with E-state index in [-0.39, 0.29) is 12.5 Å². The smallest absolute Gasteiger partial charge is 0.320 e. The van der Waals surface area contributed by atoms with Crippen LogP contribution < -0.4 is 5.73 Å². The Morgan fingerprint density at radius 3 is 2.33 bits per heavy atom. The number of carbonyl (C=O) groups is 1.